The molecule has 1 N–H and O–H groups in total. The van der Waals surface area contributed by atoms with E-state index in [1.807, 2.05) is 19.1 Å². The molecule has 2 aromatic carbocycles. The molecule has 6 heteroatoms. The number of oxazole rings is 1. The van der Waals surface area contributed by atoms with Crippen molar-refractivity contribution in [3.63, 3.8) is 0 Å². The lowest BCUT2D eigenvalue weighted by Gasteiger charge is -2.07. The highest BCUT2D eigenvalue weighted by Gasteiger charge is 2.09. The zero-order valence-corrected chi connectivity index (χ0v) is 13.2. The fourth-order valence-electron chi connectivity index (χ4n) is 2.49. The number of hydrogen-bond acceptors (Lipinski definition) is 4. The first kappa shape index (κ1) is 15.9. The number of aromatic carboxylic acids is 1. The van der Waals surface area contributed by atoms with Crippen LogP contribution in [0.3, 0.4) is 0 Å². The number of ether oxygens (including phenoxy) is 1. The molecule has 0 saturated carbocycles. The number of aryl methyl sites for hydroxylation is 2. The van der Waals surface area contributed by atoms with Gasteiger partial charge in [-0.1, -0.05) is 6.07 Å². The summed E-state index contributed by atoms with van der Waals surface area (Å²) < 4.78 is 12.4. The molecule has 6 nitrogen and oxygen atoms in total. The molecule has 1 heterocycles. The van der Waals surface area contributed by atoms with Crippen molar-refractivity contribution in [2.24, 2.45) is 0 Å². The predicted molar refractivity (Wildman–Crippen MR) is 88.7 cm³/mol. The van der Waals surface area contributed by atoms with Gasteiger partial charge in [0.05, 0.1) is 17.7 Å². The number of nitrogens with zero attached hydrogens (tertiary/aromatic N) is 1. The van der Waals surface area contributed by atoms with Crippen molar-refractivity contribution in [2.45, 2.75) is 19.9 Å². The number of carboxylic acid groups (broad SMARTS) is 1. The van der Waals surface area contributed by atoms with Crippen molar-refractivity contribution in [1.29, 1.82) is 0 Å². The van der Waals surface area contributed by atoms with Crippen LogP contribution in [0, 0.1) is 6.92 Å². The lowest BCUT2D eigenvalue weighted by Crippen LogP contribution is -2.15. The van der Waals surface area contributed by atoms with Crippen molar-refractivity contribution in [1.82, 2.24) is 4.57 Å². The molecule has 0 aliphatic carbocycles. The third-order valence-electron chi connectivity index (χ3n) is 3.72. The van der Waals surface area contributed by atoms with Crippen LogP contribution in [0.5, 0.6) is 5.75 Å². The highest BCUT2D eigenvalue weighted by Crippen LogP contribution is 2.16. The van der Waals surface area contributed by atoms with E-state index in [0.29, 0.717) is 30.9 Å². The first-order valence-corrected chi connectivity index (χ1v) is 7.61. The molecule has 124 valence electrons. The van der Waals surface area contributed by atoms with Crippen molar-refractivity contribution in [3.8, 4) is 5.75 Å². The lowest BCUT2D eigenvalue weighted by atomic mass is 10.2. The molecular formula is C18H17NO5. The van der Waals surface area contributed by atoms with Crippen LogP contribution in [0.4, 0.5) is 0 Å². The van der Waals surface area contributed by atoms with Gasteiger partial charge in [0.25, 0.3) is 0 Å². The second kappa shape index (κ2) is 6.62. The molecule has 3 rings (SSSR count). The molecular weight excluding hydrogens is 310 g/mol. The van der Waals surface area contributed by atoms with E-state index in [1.165, 1.54) is 12.1 Å². The van der Waals surface area contributed by atoms with Crippen LogP contribution in [-0.2, 0) is 6.54 Å². The topological polar surface area (TPSA) is 81.7 Å². The average molecular weight is 327 g/mol. The van der Waals surface area contributed by atoms with Gasteiger partial charge >= 0.3 is 11.7 Å². The van der Waals surface area contributed by atoms with E-state index in [4.69, 9.17) is 14.3 Å². The SMILES string of the molecule is Cc1ccc2oc(=O)n(CCCOc3ccc(C(=O)O)cc3)c2c1. The number of carbonyl (C=O) groups is 1. The van der Waals surface area contributed by atoms with Gasteiger partial charge < -0.3 is 14.3 Å². The van der Waals surface area contributed by atoms with Crippen molar-refractivity contribution in [2.75, 3.05) is 6.61 Å². The minimum atomic E-state index is -0.969. The van der Waals surface area contributed by atoms with Crippen molar-refractivity contribution in [3.05, 3.63) is 64.1 Å². The first-order chi connectivity index (χ1) is 11.5. The Bertz CT molecular complexity index is 921. The summed E-state index contributed by atoms with van der Waals surface area (Å²) in [6, 6.07) is 11.8. The molecule has 3 aromatic rings. The molecule has 24 heavy (non-hydrogen) atoms. The van der Waals surface area contributed by atoms with Crippen LogP contribution in [0.1, 0.15) is 22.3 Å². The van der Waals surface area contributed by atoms with Gasteiger partial charge in [-0.15, -0.1) is 0 Å². The Hall–Kier alpha value is -3.02. The molecule has 0 aliphatic heterocycles. The van der Waals surface area contributed by atoms with Crippen LogP contribution in [0.15, 0.2) is 51.7 Å². The van der Waals surface area contributed by atoms with E-state index in [1.54, 1.807) is 22.8 Å². The zero-order valence-electron chi connectivity index (χ0n) is 13.2. The molecule has 1 aromatic heterocycles. The van der Waals surface area contributed by atoms with Gasteiger partial charge in [-0.2, -0.15) is 0 Å². The van der Waals surface area contributed by atoms with E-state index in [9.17, 15) is 9.59 Å². The van der Waals surface area contributed by atoms with E-state index < -0.39 is 5.97 Å². The Kier molecular flexibility index (Phi) is 4.37. The van der Waals surface area contributed by atoms with E-state index in [-0.39, 0.29) is 11.3 Å². The molecule has 0 aliphatic rings. The van der Waals surface area contributed by atoms with Crippen molar-refractivity contribution >= 4 is 17.1 Å². The van der Waals surface area contributed by atoms with E-state index in [2.05, 4.69) is 0 Å². The van der Waals surface area contributed by atoms with Gasteiger partial charge in [0.2, 0.25) is 0 Å². The van der Waals surface area contributed by atoms with Crippen LogP contribution >= 0.6 is 0 Å². The predicted octanol–water partition coefficient (Wildman–Crippen LogP) is 3.07. The highest BCUT2D eigenvalue weighted by molar-refractivity contribution is 5.87. The van der Waals surface area contributed by atoms with Gasteiger partial charge in [-0.05, 0) is 55.3 Å². The van der Waals surface area contributed by atoms with Crippen LogP contribution in [-0.4, -0.2) is 22.2 Å². The molecule has 0 bridgehead atoms. The summed E-state index contributed by atoms with van der Waals surface area (Å²) in [5.74, 6) is -0.746. The number of rotatable bonds is 6. The Morgan fingerprint density at radius 1 is 1.21 bits per heavy atom. The second-order valence-corrected chi connectivity index (χ2v) is 5.52. The normalized spacial score (nSPS) is 10.9. The fraction of sp³-hybridized carbons (Fsp3) is 0.222. The summed E-state index contributed by atoms with van der Waals surface area (Å²) in [6.45, 7) is 2.87. The third kappa shape index (κ3) is 3.32. The molecule has 0 atom stereocenters. The maximum atomic E-state index is 11.9. The minimum absolute atomic E-state index is 0.217. The van der Waals surface area contributed by atoms with Crippen LogP contribution in [0.2, 0.25) is 0 Å². The Balaban J connectivity index is 1.61. The first-order valence-electron chi connectivity index (χ1n) is 7.61. The summed E-state index contributed by atoms with van der Waals surface area (Å²) in [5, 5.41) is 8.85. The van der Waals surface area contributed by atoms with Gasteiger partial charge in [-0.3, -0.25) is 4.57 Å². The highest BCUT2D eigenvalue weighted by atomic mass is 16.5. The quantitative estimate of drug-likeness (QED) is 0.704. The molecule has 0 fully saturated rings. The minimum Gasteiger partial charge on any atom is -0.494 e. The molecule has 0 saturated heterocycles. The summed E-state index contributed by atoms with van der Waals surface area (Å²) in [4.78, 5) is 22.7. The van der Waals surface area contributed by atoms with Gasteiger partial charge in [0.15, 0.2) is 5.58 Å². The maximum absolute atomic E-state index is 11.9. The number of benzene rings is 2. The summed E-state index contributed by atoms with van der Waals surface area (Å²) in [7, 11) is 0. The average Bonchev–Trinajstić information content (AvgIpc) is 2.87. The molecule has 0 unspecified atom stereocenters. The Labute approximate surface area is 137 Å². The molecule has 0 radical (unpaired) electrons. The summed E-state index contributed by atoms with van der Waals surface area (Å²) in [5.41, 5.74) is 2.64. The van der Waals surface area contributed by atoms with E-state index >= 15 is 0 Å². The number of fused-ring (bicyclic) bond motifs is 1. The Morgan fingerprint density at radius 3 is 2.67 bits per heavy atom. The Morgan fingerprint density at radius 2 is 1.96 bits per heavy atom. The summed E-state index contributed by atoms with van der Waals surface area (Å²) >= 11 is 0. The van der Waals surface area contributed by atoms with Gasteiger partial charge in [0, 0.05) is 6.54 Å². The van der Waals surface area contributed by atoms with E-state index in [0.717, 1.165) is 11.1 Å². The number of carboxylic acids is 1. The van der Waals surface area contributed by atoms with Crippen molar-refractivity contribution < 1.29 is 19.1 Å². The second-order valence-electron chi connectivity index (χ2n) is 5.52. The van der Waals surface area contributed by atoms with Gasteiger partial charge in [0.1, 0.15) is 5.75 Å². The van der Waals surface area contributed by atoms with Gasteiger partial charge in [-0.25, -0.2) is 9.59 Å². The maximum Gasteiger partial charge on any atom is 0.419 e. The lowest BCUT2D eigenvalue weighted by molar-refractivity contribution is 0.0697. The number of aromatic nitrogens is 1. The monoisotopic (exact) mass is 327 g/mol. The zero-order chi connectivity index (χ0) is 17.1. The largest absolute Gasteiger partial charge is 0.494 e. The molecule has 0 amide bonds. The fourth-order valence-corrected chi connectivity index (χ4v) is 2.49. The smallest absolute Gasteiger partial charge is 0.419 e. The standard InChI is InChI=1S/C18H17NO5/c1-12-3-8-16-15(11-12)19(18(22)24-16)9-2-10-23-14-6-4-13(5-7-14)17(20)21/h3-8,11H,2,9-10H2,1H3,(H,20,21). The van der Waals surface area contributed by atoms with Crippen LogP contribution < -0.4 is 10.5 Å². The summed E-state index contributed by atoms with van der Waals surface area (Å²) in [6.07, 6.45) is 0.628. The number of hydrogen-bond donors (Lipinski definition) is 1. The third-order valence-corrected chi connectivity index (χ3v) is 3.72. The molecule has 0 spiro atoms. The van der Waals surface area contributed by atoms with Crippen LogP contribution in [0.25, 0.3) is 11.1 Å².